The maximum absolute atomic E-state index is 11.1. The topological polar surface area (TPSA) is 99.0 Å². The van der Waals surface area contributed by atoms with Gasteiger partial charge in [-0.05, 0) is 43.7 Å². The molecule has 3 heterocycles. The van der Waals surface area contributed by atoms with Crippen molar-refractivity contribution in [3.8, 4) is 23.0 Å². The molecule has 0 bridgehead atoms. The number of rotatable bonds is 5. The van der Waals surface area contributed by atoms with E-state index in [1.807, 2.05) is 24.3 Å². The third-order valence-electron chi connectivity index (χ3n) is 6.15. The highest BCUT2D eigenvalue weighted by Gasteiger charge is 2.32. The molecule has 1 aliphatic carbocycles. The lowest BCUT2D eigenvalue weighted by Crippen LogP contribution is -2.24. The zero-order chi connectivity index (χ0) is 21.8. The molecule has 3 aromatic heterocycles. The van der Waals surface area contributed by atoms with Crippen LogP contribution in [-0.4, -0.2) is 35.6 Å². The van der Waals surface area contributed by atoms with E-state index in [4.69, 9.17) is 14.7 Å². The Labute approximate surface area is 179 Å². The number of hydrogen-bond donors (Lipinski definition) is 1. The first kappa shape index (κ1) is 19.5. The van der Waals surface area contributed by atoms with Crippen LogP contribution < -0.4 is 0 Å². The molecular weight excluding hydrogens is 394 g/mol. The number of aromatic nitrogens is 5. The number of carbonyl (C=O) groups is 1. The predicted octanol–water partition coefficient (Wildman–Crippen LogP) is 4.17. The molecule has 0 amide bonds. The predicted molar refractivity (Wildman–Crippen MR) is 116 cm³/mol. The monoisotopic (exact) mass is 419 g/mol. The molecule has 0 radical (unpaired) electrons. The first-order valence-corrected chi connectivity index (χ1v) is 10.6. The second-order valence-electron chi connectivity index (χ2n) is 8.93. The quantitative estimate of drug-likeness (QED) is 0.521. The number of nitrogens with zero attached hydrogens (tertiary/aromatic N) is 5. The number of aryl methyl sites for hydroxylation is 1. The summed E-state index contributed by atoms with van der Waals surface area (Å²) in [5.41, 5.74) is 5.14. The molecule has 0 atom stereocenters. The number of carboxylic acid groups (broad SMARTS) is 1. The molecule has 0 unspecified atom stereocenters. The van der Waals surface area contributed by atoms with Gasteiger partial charge in [-0.25, -0.2) is 0 Å². The van der Waals surface area contributed by atoms with Crippen molar-refractivity contribution < 1.29 is 14.4 Å². The molecule has 8 nitrogen and oxygen atoms in total. The van der Waals surface area contributed by atoms with E-state index in [1.165, 1.54) is 11.3 Å². The van der Waals surface area contributed by atoms with Crippen molar-refractivity contribution in [1.82, 2.24) is 24.5 Å². The Bertz CT molecular complexity index is 1290. The second-order valence-corrected chi connectivity index (χ2v) is 8.93. The zero-order valence-corrected chi connectivity index (χ0v) is 17.9. The van der Waals surface area contributed by atoms with Crippen LogP contribution in [0.2, 0.25) is 0 Å². The van der Waals surface area contributed by atoms with Gasteiger partial charge in [0.25, 0.3) is 5.89 Å². The number of benzene rings is 1. The molecule has 0 saturated heterocycles. The van der Waals surface area contributed by atoms with Gasteiger partial charge in [-0.15, -0.1) is 0 Å². The molecule has 0 fully saturated rings. The number of hydrogen-bond acceptors (Lipinski definition) is 5. The van der Waals surface area contributed by atoms with Gasteiger partial charge in [-0.2, -0.15) is 10.1 Å². The van der Waals surface area contributed by atoms with E-state index in [1.54, 1.807) is 10.8 Å². The lowest BCUT2D eigenvalue weighted by Gasteiger charge is -2.30. The Morgan fingerprint density at radius 3 is 2.90 bits per heavy atom. The summed E-state index contributed by atoms with van der Waals surface area (Å²) in [5, 5.41) is 19.1. The van der Waals surface area contributed by atoms with Crippen molar-refractivity contribution in [2.24, 2.45) is 5.41 Å². The summed E-state index contributed by atoms with van der Waals surface area (Å²) < 4.78 is 9.42. The van der Waals surface area contributed by atoms with Crippen LogP contribution in [0.3, 0.4) is 0 Å². The molecule has 0 saturated carbocycles. The minimum Gasteiger partial charge on any atom is -0.480 e. The highest BCUT2D eigenvalue weighted by atomic mass is 16.5. The largest absolute Gasteiger partial charge is 0.480 e. The van der Waals surface area contributed by atoms with Crippen LogP contribution >= 0.6 is 0 Å². The fraction of sp³-hybridized carbons (Fsp3) is 0.391. The molecule has 1 aliphatic rings. The van der Waals surface area contributed by atoms with Gasteiger partial charge in [0.1, 0.15) is 6.54 Å². The standard InChI is InChI=1S/C23H25N5O3/c1-4-28-18-12-23(2,3)10-8-16(18)20(25-28)22-24-21(26-31-22)15-6-5-7-17-14(15)9-11-27(17)13-19(29)30/h5-7,9,11H,4,8,10,12-13H2,1-3H3,(H,29,30). The normalized spacial score (nSPS) is 15.3. The maximum atomic E-state index is 11.1. The fourth-order valence-electron chi connectivity index (χ4n) is 4.56. The van der Waals surface area contributed by atoms with E-state index >= 15 is 0 Å². The number of aliphatic carboxylic acids is 1. The van der Waals surface area contributed by atoms with Crippen molar-refractivity contribution >= 4 is 16.9 Å². The lowest BCUT2D eigenvalue weighted by molar-refractivity contribution is -0.137. The molecule has 5 rings (SSSR count). The summed E-state index contributed by atoms with van der Waals surface area (Å²) in [7, 11) is 0. The summed E-state index contributed by atoms with van der Waals surface area (Å²) in [4.78, 5) is 15.8. The first-order chi connectivity index (χ1) is 14.9. The van der Waals surface area contributed by atoms with Gasteiger partial charge in [-0.1, -0.05) is 31.1 Å². The zero-order valence-electron chi connectivity index (χ0n) is 17.9. The van der Waals surface area contributed by atoms with Crippen molar-refractivity contribution in [2.45, 2.75) is 53.1 Å². The van der Waals surface area contributed by atoms with Gasteiger partial charge in [0.2, 0.25) is 5.82 Å². The van der Waals surface area contributed by atoms with Gasteiger partial charge < -0.3 is 14.2 Å². The summed E-state index contributed by atoms with van der Waals surface area (Å²) in [6.07, 6.45) is 4.80. The smallest absolute Gasteiger partial charge is 0.323 e. The van der Waals surface area contributed by atoms with E-state index < -0.39 is 5.97 Å². The van der Waals surface area contributed by atoms with Crippen LogP contribution in [0, 0.1) is 5.41 Å². The fourth-order valence-corrected chi connectivity index (χ4v) is 4.56. The summed E-state index contributed by atoms with van der Waals surface area (Å²) in [6.45, 7) is 7.40. The van der Waals surface area contributed by atoms with Gasteiger partial charge in [0, 0.05) is 40.5 Å². The average Bonchev–Trinajstić information content (AvgIpc) is 3.43. The van der Waals surface area contributed by atoms with Gasteiger partial charge in [0.15, 0.2) is 5.69 Å². The highest BCUT2D eigenvalue weighted by Crippen LogP contribution is 2.39. The number of fused-ring (bicyclic) bond motifs is 2. The molecule has 1 aromatic carbocycles. The Morgan fingerprint density at radius 2 is 2.13 bits per heavy atom. The van der Waals surface area contributed by atoms with E-state index in [2.05, 4.69) is 35.6 Å². The molecule has 160 valence electrons. The molecule has 8 heteroatoms. The van der Waals surface area contributed by atoms with Crippen LogP contribution in [0.25, 0.3) is 33.9 Å². The van der Waals surface area contributed by atoms with Crippen molar-refractivity contribution in [3.63, 3.8) is 0 Å². The van der Waals surface area contributed by atoms with E-state index in [-0.39, 0.29) is 12.0 Å². The first-order valence-electron chi connectivity index (χ1n) is 10.6. The summed E-state index contributed by atoms with van der Waals surface area (Å²) >= 11 is 0. The van der Waals surface area contributed by atoms with Crippen LogP contribution in [0.1, 0.15) is 38.4 Å². The Hall–Kier alpha value is -3.42. The molecular formula is C23H25N5O3. The van der Waals surface area contributed by atoms with Gasteiger partial charge in [-0.3, -0.25) is 9.48 Å². The van der Waals surface area contributed by atoms with E-state index in [0.717, 1.165) is 48.0 Å². The van der Waals surface area contributed by atoms with E-state index in [9.17, 15) is 4.79 Å². The molecule has 0 aliphatic heterocycles. The molecule has 1 N–H and O–H groups in total. The van der Waals surface area contributed by atoms with Gasteiger partial charge in [0.05, 0.1) is 0 Å². The van der Waals surface area contributed by atoms with Crippen molar-refractivity contribution in [3.05, 3.63) is 41.7 Å². The average molecular weight is 419 g/mol. The summed E-state index contributed by atoms with van der Waals surface area (Å²) in [6, 6.07) is 7.58. The van der Waals surface area contributed by atoms with Crippen molar-refractivity contribution in [2.75, 3.05) is 0 Å². The Kier molecular flexibility index (Phi) is 4.46. The second kappa shape index (κ2) is 7.08. The van der Waals surface area contributed by atoms with Crippen molar-refractivity contribution in [1.29, 1.82) is 0 Å². The van der Waals surface area contributed by atoms with Gasteiger partial charge >= 0.3 is 5.97 Å². The molecule has 4 aromatic rings. The minimum absolute atomic E-state index is 0.0958. The Morgan fingerprint density at radius 1 is 1.29 bits per heavy atom. The number of carboxylic acids is 1. The lowest BCUT2D eigenvalue weighted by atomic mass is 9.76. The van der Waals surface area contributed by atoms with Crippen LogP contribution in [0.4, 0.5) is 0 Å². The molecule has 0 spiro atoms. The third kappa shape index (κ3) is 3.32. The minimum atomic E-state index is -0.885. The van der Waals surface area contributed by atoms with Crippen LogP contribution in [0.5, 0.6) is 0 Å². The molecule has 31 heavy (non-hydrogen) atoms. The van der Waals surface area contributed by atoms with Crippen LogP contribution in [-0.2, 0) is 30.7 Å². The third-order valence-corrected chi connectivity index (χ3v) is 6.15. The highest BCUT2D eigenvalue weighted by molar-refractivity contribution is 5.94. The van der Waals surface area contributed by atoms with E-state index in [0.29, 0.717) is 11.7 Å². The maximum Gasteiger partial charge on any atom is 0.323 e. The SMILES string of the molecule is CCn1nc(-c2nc(-c3cccc4c3ccn4CC(=O)O)no2)c2c1CC(C)(C)CC2. The Balaban J connectivity index is 1.56. The summed E-state index contributed by atoms with van der Waals surface area (Å²) in [5.74, 6) is 0.0222. The van der Waals surface area contributed by atoms with Crippen LogP contribution in [0.15, 0.2) is 35.0 Å².